The Morgan fingerprint density at radius 1 is 0.929 bits per heavy atom. The zero-order valence-electron chi connectivity index (χ0n) is 13.8. The van der Waals surface area contributed by atoms with E-state index in [0.29, 0.717) is 10.8 Å². The summed E-state index contributed by atoms with van der Waals surface area (Å²) in [4.78, 5) is -0.325. The molecule has 0 aliphatic carbocycles. The molecule has 0 atom stereocenters. The number of fused-ring (bicyclic) bond motifs is 1. The first kappa shape index (κ1) is 19.6. The highest BCUT2D eigenvalue weighted by Crippen LogP contribution is 2.37. The molecule has 3 aromatic carbocycles. The lowest BCUT2D eigenvalue weighted by Gasteiger charge is -2.08. The van der Waals surface area contributed by atoms with E-state index in [1.807, 2.05) is 0 Å². The molecule has 3 rings (SSSR count). The van der Waals surface area contributed by atoms with Crippen LogP contribution in [0, 0.1) is 0 Å². The smallest absolute Gasteiger partial charge is 0.506 e. The molecular weight excluding hydrogens is 401 g/mol. The van der Waals surface area contributed by atoms with Crippen molar-refractivity contribution in [2.75, 3.05) is 0 Å². The van der Waals surface area contributed by atoms with E-state index in [1.165, 1.54) is 36.4 Å². The van der Waals surface area contributed by atoms with Gasteiger partial charge in [0, 0.05) is 5.39 Å². The summed E-state index contributed by atoms with van der Waals surface area (Å²) in [5.41, 5.74) is 0.218. The Hall–Kier alpha value is -3.18. The summed E-state index contributed by atoms with van der Waals surface area (Å²) in [6.07, 6.45) is -4.81. The minimum absolute atomic E-state index is 0.0232. The fourth-order valence-electron chi connectivity index (χ4n) is 2.37. The van der Waals surface area contributed by atoms with E-state index in [-0.39, 0.29) is 22.0 Å². The highest BCUT2D eigenvalue weighted by atomic mass is 32.2. The number of hydrogen-bond donors (Lipinski definition) is 2. The Bertz CT molecular complexity index is 1160. The molecule has 0 aliphatic heterocycles. The fourth-order valence-corrected chi connectivity index (χ4v) is 2.88. The number of benzene rings is 3. The molecule has 0 bridgehead atoms. The third-order valence-corrected chi connectivity index (χ3v) is 4.42. The quantitative estimate of drug-likeness (QED) is 0.457. The maximum atomic E-state index is 12.2. The Balaban J connectivity index is 1.94. The highest BCUT2D eigenvalue weighted by Gasteiger charge is 2.30. The predicted octanol–water partition coefficient (Wildman–Crippen LogP) is 5.11. The standard InChI is InChI=1S/C17H11F3N2O5S/c18-17(19,20)27-12-4-2-11(3-5-12)21-22-16-14-7-6-13(28(24,25)26)9-10(14)1-8-15(16)23/h1-9,23H,(H,24,25,26). The van der Waals surface area contributed by atoms with Crippen molar-refractivity contribution in [2.45, 2.75) is 11.3 Å². The monoisotopic (exact) mass is 412 g/mol. The maximum absolute atomic E-state index is 12.2. The van der Waals surface area contributed by atoms with E-state index in [2.05, 4.69) is 15.0 Å². The first-order valence-corrected chi connectivity index (χ1v) is 8.98. The minimum Gasteiger partial charge on any atom is -0.506 e. The van der Waals surface area contributed by atoms with Crippen molar-refractivity contribution in [1.29, 1.82) is 0 Å². The zero-order chi connectivity index (χ0) is 20.5. The summed E-state index contributed by atoms with van der Waals surface area (Å²) < 4.78 is 71.8. The summed E-state index contributed by atoms with van der Waals surface area (Å²) in [6, 6.07) is 11.0. The largest absolute Gasteiger partial charge is 0.573 e. The lowest BCUT2D eigenvalue weighted by molar-refractivity contribution is -0.274. The molecule has 146 valence electrons. The number of phenolic OH excluding ortho intramolecular Hbond substituents is 1. The number of ether oxygens (including phenoxy) is 1. The van der Waals surface area contributed by atoms with Gasteiger partial charge in [-0.3, -0.25) is 4.55 Å². The van der Waals surface area contributed by atoms with E-state index in [0.717, 1.165) is 18.2 Å². The van der Waals surface area contributed by atoms with E-state index < -0.39 is 22.2 Å². The van der Waals surface area contributed by atoms with Crippen LogP contribution in [0.2, 0.25) is 0 Å². The molecule has 3 aromatic rings. The van der Waals surface area contributed by atoms with Gasteiger partial charge in [0.25, 0.3) is 10.1 Å². The van der Waals surface area contributed by atoms with Gasteiger partial charge in [-0.05, 0) is 47.9 Å². The first-order chi connectivity index (χ1) is 13.0. The number of alkyl halides is 3. The van der Waals surface area contributed by atoms with E-state index >= 15 is 0 Å². The van der Waals surface area contributed by atoms with Crippen molar-refractivity contribution in [2.24, 2.45) is 10.2 Å². The van der Waals surface area contributed by atoms with E-state index in [1.54, 1.807) is 0 Å². The summed E-state index contributed by atoms with van der Waals surface area (Å²) >= 11 is 0. The molecule has 0 aromatic heterocycles. The summed E-state index contributed by atoms with van der Waals surface area (Å²) in [5.74, 6) is -0.662. The lowest BCUT2D eigenvalue weighted by Crippen LogP contribution is -2.16. The number of aromatic hydroxyl groups is 1. The van der Waals surface area contributed by atoms with Crippen LogP contribution in [0.4, 0.5) is 24.5 Å². The molecule has 0 aliphatic rings. The van der Waals surface area contributed by atoms with Crippen molar-refractivity contribution < 1.29 is 36.0 Å². The molecule has 0 amide bonds. The second-order valence-electron chi connectivity index (χ2n) is 5.53. The van der Waals surface area contributed by atoms with Crippen molar-refractivity contribution >= 4 is 32.3 Å². The Morgan fingerprint density at radius 2 is 1.61 bits per heavy atom. The van der Waals surface area contributed by atoms with Crippen LogP contribution in [0.3, 0.4) is 0 Å². The van der Waals surface area contributed by atoms with Gasteiger partial charge in [0.15, 0.2) is 0 Å². The van der Waals surface area contributed by atoms with E-state index in [9.17, 15) is 26.7 Å². The number of phenols is 1. The molecule has 11 heteroatoms. The number of halogens is 3. The Morgan fingerprint density at radius 3 is 2.21 bits per heavy atom. The fraction of sp³-hybridized carbons (Fsp3) is 0.0588. The number of nitrogens with zero attached hydrogens (tertiary/aromatic N) is 2. The molecule has 7 nitrogen and oxygen atoms in total. The summed E-state index contributed by atoms with van der Waals surface area (Å²) in [6.45, 7) is 0. The van der Waals surface area contributed by atoms with Crippen LogP contribution in [0.1, 0.15) is 0 Å². The molecular formula is C17H11F3N2O5S. The maximum Gasteiger partial charge on any atom is 0.573 e. The summed E-state index contributed by atoms with van der Waals surface area (Å²) in [7, 11) is -4.40. The normalized spacial score (nSPS) is 12.6. The third kappa shape index (κ3) is 4.56. The zero-order valence-corrected chi connectivity index (χ0v) is 14.6. The second kappa shape index (κ2) is 7.09. The van der Waals surface area contributed by atoms with Gasteiger partial charge in [0.2, 0.25) is 0 Å². The van der Waals surface area contributed by atoms with Crippen LogP contribution in [0.25, 0.3) is 10.8 Å². The van der Waals surface area contributed by atoms with Gasteiger partial charge in [-0.15, -0.1) is 18.3 Å². The third-order valence-electron chi connectivity index (χ3n) is 3.58. The van der Waals surface area contributed by atoms with Crippen LogP contribution >= 0.6 is 0 Å². The molecule has 0 radical (unpaired) electrons. The SMILES string of the molecule is O=S(=O)(O)c1ccc2c(N=Nc3ccc(OC(F)(F)F)cc3)c(O)ccc2c1. The van der Waals surface area contributed by atoms with Gasteiger partial charge in [-0.1, -0.05) is 12.1 Å². The Kier molecular flexibility index (Phi) is 4.96. The van der Waals surface area contributed by atoms with Crippen molar-refractivity contribution in [1.82, 2.24) is 0 Å². The molecule has 0 saturated carbocycles. The molecule has 0 spiro atoms. The van der Waals surface area contributed by atoms with Crippen molar-refractivity contribution in [3.63, 3.8) is 0 Å². The topological polar surface area (TPSA) is 109 Å². The molecule has 2 N–H and O–H groups in total. The van der Waals surface area contributed by atoms with E-state index in [4.69, 9.17) is 4.55 Å². The van der Waals surface area contributed by atoms with Gasteiger partial charge in [-0.25, -0.2) is 0 Å². The Labute approximate surface area is 156 Å². The average molecular weight is 412 g/mol. The van der Waals surface area contributed by atoms with Gasteiger partial charge < -0.3 is 9.84 Å². The summed E-state index contributed by atoms with van der Waals surface area (Å²) in [5, 5.41) is 18.5. The molecule has 0 unspecified atom stereocenters. The van der Waals surface area contributed by atoms with Crippen LogP contribution in [-0.2, 0) is 10.1 Å². The van der Waals surface area contributed by atoms with Gasteiger partial charge in [-0.2, -0.15) is 13.5 Å². The second-order valence-corrected chi connectivity index (χ2v) is 6.95. The number of hydrogen-bond acceptors (Lipinski definition) is 6. The first-order valence-electron chi connectivity index (χ1n) is 7.54. The van der Waals surface area contributed by atoms with Crippen LogP contribution < -0.4 is 4.74 Å². The lowest BCUT2D eigenvalue weighted by atomic mass is 10.1. The highest BCUT2D eigenvalue weighted by molar-refractivity contribution is 7.85. The van der Waals surface area contributed by atoms with Gasteiger partial charge >= 0.3 is 6.36 Å². The predicted molar refractivity (Wildman–Crippen MR) is 92.7 cm³/mol. The molecule has 0 saturated heterocycles. The van der Waals surface area contributed by atoms with Gasteiger partial charge in [0.05, 0.1) is 10.6 Å². The van der Waals surface area contributed by atoms with Crippen molar-refractivity contribution in [3.8, 4) is 11.5 Å². The van der Waals surface area contributed by atoms with Crippen molar-refractivity contribution in [3.05, 3.63) is 54.6 Å². The van der Waals surface area contributed by atoms with Crippen LogP contribution in [-0.4, -0.2) is 24.4 Å². The average Bonchev–Trinajstić information content (AvgIpc) is 2.59. The minimum atomic E-state index is -4.81. The molecule has 28 heavy (non-hydrogen) atoms. The molecule has 0 fully saturated rings. The van der Waals surface area contributed by atoms with Crippen LogP contribution in [0.5, 0.6) is 11.5 Å². The molecule has 0 heterocycles. The van der Waals surface area contributed by atoms with Crippen LogP contribution in [0.15, 0.2) is 69.7 Å². The van der Waals surface area contributed by atoms with Gasteiger partial charge in [0.1, 0.15) is 17.2 Å². The number of rotatable bonds is 4. The number of azo groups is 1.